The summed E-state index contributed by atoms with van der Waals surface area (Å²) in [5.41, 5.74) is 2.52. The zero-order valence-electron chi connectivity index (χ0n) is 9.73. The van der Waals surface area contributed by atoms with Gasteiger partial charge in [0.15, 0.2) is 11.5 Å². The van der Waals surface area contributed by atoms with Crippen molar-refractivity contribution in [3.05, 3.63) is 29.7 Å². The quantitative estimate of drug-likeness (QED) is 0.858. The molecule has 0 unspecified atom stereocenters. The van der Waals surface area contributed by atoms with Gasteiger partial charge in [-0.1, -0.05) is 19.9 Å². The Hall–Kier alpha value is -1.35. The molecule has 0 aliphatic carbocycles. The molecule has 16 heavy (non-hydrogen) atoms. The Bertz CT molecular complexity index is 472. The number of aliphatic hydroxyl groups is 1. The molecule has 1 aromatic carbocycles. The largest absolute Gasteiger partial charge is 0.440 e. The normalized spacial score (nSPS) is 11.5. The fraction of sp³-hybridized carbons (Fsp3) is 0.462. The minimum absolute atomic E-state index is 0.0448. The van der Waals surface area contributed by atoms with Gasteiger partial charge in [-0.05, 0) is 30.5 Å². The van der Waals surface area contributed by atoms with Gasteiger partial charge in [0.25, 0.3) is 0 Å². The van der Waals surface area contributed by atoms with Crippen LogP contribution in [-0.2, 0) is 6.61 Å². The van der Waals surface area contributed by atoms with Crippen molar-refractivity contribution >= 4 is 11.1 Å². The van der Waals surface area contributed by atoms with Crippen LogP contribution in [0.3, 0.4) is 0 Å². The van der Waals surface area contributed by atoms with Gasteiger partial charge in [0.2, 0.25) is 0 Å². The Balaban J connectivity index is 2.43. The highest BCUT2D eigenvalue weighted by Gasteiger charge is 2.14. The van der Waals surface area contributed by atoms with Crippen molar-refractivity contribution in [2.24, 2.45) is 0 Å². The number of aromatic nitrogens is 1. The van der Waals surface area contributed by atoms with E-state index in [1.807, 2.05) is 18.2 Å². The third-order valence-corrected chi connectivity index (χ3v) is 2.99. The fourth-order valence-corrected chi connectivity index (χ4v) is 1.90. The first-order valence-electron chi connectivity index (χ1n) is 5.78. The highest BCUT2D eigenvalue weighted by molar-refractivity contribution is 5.73. The second-order valence-electron chi connectivity index (χ2n) is 4.03. The van der Waals surface area contributed by atoms with Crippen LogP contribution in [0.1, 0.15) is 44.1 Å². The predicted molar refractivity (Wildman–Crippen MR) is 63.3 cm³/mol. The number of rotatable bonds is 4. The summed E-state index contributed by atoms with van der Waals surface area (Å²) in [7, 11) is 0. The molecule has 0 saturated carbocycles. The molecule has 3 heteroatoms. The minimum Gasteiger partial charge on any atom is -0.440 e. The van der Waals surface area contributed by atoms with Gasteiger partial charge < -0.3 is 9.52 Å². The van der Waals surface area contributed by atoms with Crippen LogP contribution >= 0.6 is 0 Å². The van der Waals surface area contributed by atoms with E-state index >= 15 is 0 Å². The number of aliphatic hydroxyl groups excluding tert-OH is 1. The van der Waals surface area contributed by atoms with Crippen molar-refractivity contribution in [1.82, 2.24) is 4.98 Å². The fourth-order valence-electron chi connectivity index (χ4n) is 1.90. The lowest BCUT2D eigenvalue weighted by molar-refractivity contribution is 0.282. The van der Waals surface area contributed by atoms with Crippen LogP contribution in [0.4, 0.5) is 0 Å². The summed E-state index contributed by atoms with van der Waals surface area (Å²) < 4.78 is 5.72. The van der Waals surface area contributed by atoms with E-state index in [9.17, 15) is 0 Å². The van der Waals surface area contributed by atoms with E-state index in [1.165, 1.54) is 0 Å². The Morgan fingerprint density at radius 1 is 1.31 bits per heavy atom. The molecule has 0 radical (unpaired) electrons. The van der Waals surface area contributed by atoms with Crippen LogP contribution in [0.15, 0.2) is 22.6 Å². The number of oxazole rings is 1. The highest BCUT2D eigenvalue weighted by Crippen LogP contribution is 2.26. The zero-order chi connectivity index (χ0) is 11.5. The van der Waals surface area contributed by atoms with Crippen molar-refractivity contribution in [3.63, 3.8) is 0 Å². The maximum atomic E-state index is 9.05. The number of hydrogen-bond donors (Lipinski definition) is 1. The first kappa shape index (κ1) is 11.1. The van der Waals surface area contributed by atoms with Crippen LogP contribution < -0.4 is 0 Å². The average Bonchev–Trinajstić information content (AvgIpc) is 2.72. The lowest BCUT2D eigenvalue weighted by atomic mass is 10.0. The Morgan fingerprint density at radius 3 is 2.69 bits per heavy atom. The van der Waals surface area contributed by atoms with Gasteiger partial charge in [-0.2, -0.15) is 0 Å². The predicted octanol–water partition coefficient (Wildman–Crippen LogP) is 3.22. The van der Waals surface area contributed by atoms with Gasteiger partial charge in [-0.25, -0.2) is 4.98 Å². The molecule has 0 aliphatic heterocycles. The molecule has 2 aromatic rings. The molecule has 1 aromatic heterocycles. The van der Waals surface area contributed by atoms with E-state index in [0.29, 0.717) is 5.92 Å². The van der Waals surface area contributed by atoms with Gasteiger partial charge in [0, 0.05) is 5.92 Å². The molecule has 0 spiro atoms. The molecule has 86 valence electrons. The standard InChI is InChI=1S/C13H17NO2/c1-3-10(4-2)13-14-11-7-9(8-15)5-6-12(11)16-13/h5-7,10,15H,3-4,8H2,1-2H3. The van der Waals surface area contributed by atoms with Gasteiger partial charge in [0.05, 0.1) is 6.61 Å². The van der Waals surface area contributed by atoms with E-state index < -0.39 is 0 Å². The van der Waals surface area contributed by atoms with E-state index in [1.54, 1.807) is 0 Å². The molecule has 0 amide bonds. The molecule has 2 rings (SSSR count). The summed E-state index contributed by atoms with van der Waals surface area (Å²) in [4.78, 5) is 4.49. The topological polar surface area (TPSA) is 46.3 Å². The second-order valence-corrected chi connectivity index (χ2v) is 4.03. The Labute approximate surface area is 95.1 Å². The molecule has 1 N–H and O–H groups in total. The van der Waals surface area contributed by atoms with Crippen LogP contribution in [-0.4, -0.2) is 10.1 Å². The maximum absolute atomic E-state index is 9.05. The van der Waals surface area contributed by atoms with Gasteiger partial charge in [-0.15, -0.1) is 0 Å². The monoisotopic (exact) mass is 219 g/mol. The lowest BCUT2D eigenvalue weighted by Crippen LogP contribution is -1.94. The van der Waals surface area contributed by atoms with Crippen molar-refractivity contribution < 1.29 is 9.52 Å². The smallest absolute Gasteiger partial charge is 0.198 e. The Morgan fingerprint density at radius 2 is 2.06 bits per heavy atom. The molecule has 1 heterocycles. The van der Waals surface area contributed by atoms with E-state index in [0.717, 1.165) is 35.4 Å². The second kappa shape index (κ2) is 4.66. The lowest BCUT2D eigenvalue weighted by Gasteiger charge is -2.05. The minimum atomic E-state index is 0.0448. The number of benzene rings is 1. The summed E-state index contributed by atoms with van der Waals surface area (Å²) in [6, 6.07) is 5.62. The average molecular weight is 219 g/mol. The van der Waals surface area contributed by atoms with E-state index in [2.05, 4.69) is 18.8 Å². The van der Waals surface area contributed by atoms with Crippen LogP contribution in [0.5, 0.6) is 0 Å². The molecule has 0 aliphatic rings. The maximum Gasteiger partial charge on any atom is 0.198 e. The van der Waals surface area contributed by atoms with Crippen LogP contribution in [0, 0.1) is 0 Å². The van der Waals surface area contributed by atoms with E-state index in [4.69, 9.17) is 9.52 Å². The van der Waals surface area contributed by atoms with Crippen molar-refractivity contribution in [3.8, 4) is 0 Å². The van der Waals surface area contributed by atoms with Gasteiger partial charge >= 0.3 is 0 Å². The molecule has 0 saturated heterocycles. The van der Waals surface area contributed by atoms with E-state index in [-0.39, 0.29) is 6.61 Å². The third-order valence-electron chi connectivity index (χ3n) is 2.99. The number of hydrogen-bond acceptors (Lipinski definition) is 3. The molecular weight excluding hydrogens is 202 g/mol. The molecule has 0 bridgehead atoms. The summed E-state index contributed by atoms with van der Waals surface area (Å²) >= 11 is 0. The first-order valence-corrected chi connectivity index (χ1v) is 5.78. The van der Waals surface area contributed by atoms with Crippen molar-refractivity contribution in [2.45, 2.75) is 39.2 Å². The summed E-state index contributed by atoms with van der Waals surface area (Å²) in [6.07, 6.45) is 2.08. The zero-order valence-corrected chi connectivity index (χ0v) is 9.73. The molecule has 0 atom stereocenters. The summed E-state index contributed by atoms with van der Waals surface area (Å²) in [5.74, 6) is 1.21. The summed E-state index contributed by atoms with van der Waals surface area (Å²) in [6.45, 7) is 4.33. The van der Waals surface area contributed by atoms with Crippen LogP contribution in [0.2, 0.25) is 0 Å². The summed E-state index contributed by atoms with van der Waals surface area (Å²) in [5, 5.41) is 9.05. The van der Waals surface area contributed by atoms with Gasteiger partial charge in [0.1, 0.15) is 5.52 Å². The van der Waals surface area contributed by atoms with Crippen LogP contribution in [0.25, 0.3) is 11.1 Å². The SMILES string of the molecule is CCC(CC)c1nc2cc(CO)ccc2o1. The molecule has 3 nitrogen and oxygen atoms in total. The van der Waals surface area contributed by atoms with Crippen molar-refractivity contribution in [1.29, 1.82) is 0 Å². The third kappa shape index (κ3) is 1.95. The highest BCUT2D eigenvalue weighted by atomic mass is 16.3. The first-order chi connectivity index (χ1) is 7.78. The molecular formula is C13H17NO2. The van der Waals surface area contributed by atoms with Gasteiger partial charge in [-0.3, -0.25) is 0 Å². The number of fused-ring (bicyclic) bond motifs is 1. The Kier molecular flexibility index (Phi) is 3.25. The van der Waals surface area contributed by atoms with Crippen molar-refractivity contribution in [2.75, 3.05) is 0 Å². The molecule has 0 fully saturated rings. The number of nitrogens with zero attached hydrogens (tertiary/aromatic N) is 1.